The number of carbonyl (C=O) groups excluding carboxylic acids is 1. The first kappa shape index (κ1) is 16.0. The average Bonchev–Trinajstić information content (AvgIpc) is 2.46. The summed E-state index contributed by atoms with van der Waals surface area (Å²) < 4.78 is 7.40. The van der Waals surface area contributed by atoms with E-state index in [0.29, 0.717) is 23.4 Å². The number of rotatable bonds is 5. The number of benzene rings is 2. The molecule has 0 saturated heterocycles. The molecule has 0 aromatic heterocycles. The molecule has 0 fully saturated rings. The molecule has 0 aliphatic carbocycles. The summed E-state index contributed by atoms with van der Waals surface area (Å²) >= 11 is 6.79. The van der Waals surface area contributed by atoms with Gasteiger partial charge in [-0.15, -0.1) is 0 Å². The summed E-state index contributed by atoms with van der Waals surface area (Å²) in [5.41, 5.74) is 6.94. The summed E-state index contributed by atoms with van der Waals surface area (Å²) in [6.45, 7) is 1.92. The molecule has 5 heteroatoms. The van der Waals surface area contributed by atoms with Crippen molar-refractivity contribution in [2.75, 3.05) is 5.73 Å². The highest BCUT2D eigenvalue weighted by atomic mass is 79.9. The van der Waals surface area contributed by atoms with Gasteiger partial charge in [-0.05, 0) is 36.8 Å². The van der Waals surface area contributed by atoms with E-state index in [0.717, 1.165) is 8.95 Å². The molecule has 0 aliphatic heterocycles. The summed E-state index contributed by atoms with van der Waals surface area (Å²) in [6.07, 6.45) is 0.0319. The van der Waals surface area contributed by atoms with Gasteiger partial charge in [0.05, 0.1) is 0 Å². The first-order chi connectivity index (χ1) is 10.0. The van der Waals surface area contributed by atoms with Crippen molar-refractivity contribution >= 4 is 43.3 Å². The zero-order chi connectivity index (χ0) is 15.4. The monoisotopic (exact) mass is 411 g/mol. The van der Waals surface area contributed by atoms with Crippen LogP contribution in [0.2, 0.25) is 0 Å². The minimum Gasteiger partial charge on any atom is -0.482 e. The average molecular weight is 413 g/mol. The minimum atomic E-state index is -0.544. The largest absolute Gasteiger partial charge is 0.482 e. The fourth-order valence-corrected chi connectivity index (χ4v) is 2.74. The fraction of sp³-hybridized carbons (Fsp3) is 0.188. The van der Waals surface area contributed by atoms with E-state index in [4.69, 9.17) is 10.5 Å². The fourth-order valence-electron chi connectivity index (χ4n) is 1.93. The van der Waals surface area contributed by atoms with E-state index < -0.39 is 6.10 Å². The molecule has 2 rings (SSSR count). The van der Waals surface area contributed by atoms with E-state index in [9.17, 15) is 4.79 Å². The van der Waals surface area contributed by atoms with E-state index in [1.807, 2.05) is 19.1 Å². The highest BCUT2D eigenvalue weighted by molar-refractivity contribution is 9.11. The predicted molar refractivity (Wildman–Crippen MR) is 91.7 cm³/mol. The number of Topliss-reactive ketones (excluding diaryl/α,β-unsaturated/α-hetero) is 1. The number of ketones is 1. The summed E-state index contributed by atoms with van der Waals surface area (Å²) in [5, 5.41) is 0. The zero-order valence-electron chi connectivity index (χ0n) is 11.5. The normalized spacial score (nSPS) is 12.0. The Morgan fingerprint density at radius 1 is 1.24 bits per heavy atom. The van der Waals surface area contributed by atoms with Crippen molar-refractivity contribution < 1.29 is 9.53 Å². The van der Waals surface area contributed by atoms with Crippen molar-refractivity contribution in [2.45, 2.75) is 19.4 Å². The van der Waals surface area contributed by atoms with E-state index in [-0.39, 0.29) is 5.78 Å². The maximum atomic E-state index is 12.6. The van der Waals surface area contributed by atoms with Gasteiger partial charge in [-0.1, -0.05) is 44.8 Å². The molecule has 21 heavy (non-hydrogen) atoms. The van der Waals surface area contributed by atoms with Gasteiger partial charge in [-0.2, -0.15) is 0 Å². The Labute approximate surface area is 140 Å². The number of anilines is 1. The van der Waals surface area contributed by atoms with Crippen molar-refractivity contribution in [1.82, 2.24) is 0 Å². The van der Waals surface area contributed by atoms with Gasteiger partial charge in [0.25, 0.3) is 0 Å². The Kier molecular flexibility index (Phi) is 5.42. The summed E-state index contributed by atoms with van der Waals surface area (Å²) in [6, 6.07) is 12.6. The number of nitrogen functional groups attached to an aromatic ring is 1. The smallest absolute Gasteiger partial charge is 0.204 e. The molecular weight excluding hydrogens is 398 g/mol. The maximum Gasteiger partial charge on any atom is 0.204 e. The van der Waals surface area contributed by atoms with Crippen LogP contribution in [-0.2, 0) is 0 Å². The second-order valence-corrected chi connectivity index (χ2v) is 6.35. The molecule has 2 aromatic carbocycles. The molecule has 0 amide bonds. The van der Waals surface area contributed by atoms with Crippen LogP contribution in [0.5, 0.6) is 5.75 Å². The van der Waals surface area contributed by atoms with Crippen LogP contribution in [0.25, 0.3) is 0 Å². The van der Waals surface area contributed by atoms with Crippen molar-refractivity contribution in [2.24, 2.45) is 0 Å². The van der Waals surface area contributed by atoms with Crippen molar-refractivity contribution in [3.63, 3.8) is 0 Å². The number of hydrogen-bond acceptors (Lipinski definition) is 3. The number of ether oxygens (including phenoxy) is 1. The van der Waals surface area contributed by atoms with Gasteiger partial charge in [0.1, 0.15) is 5.75 Å². The third-order valence-corrected chi connectivity index (χ3v) is 4.18. The van der Waals surface area contributed by atoms with Crippen LogP contribution in [0, 0.1) is 0 Å². The molecule has 2 aromatic rings. The highest BCUT2D eigenvalue weighted by Crippen LogP contribution is 2.25. The molecule has 0 heterocycles. The lowest BCUT2D eigenvalue weighted by Crippen LogP contribution is -2.27. The van der Waals surface area contributed by atoms with E-state index in [1.54, 1.807) is 30.3 Å². The molecule has 0 radical (unpaired) electrons. The standard InChI is InChI=1S/C16H15Br2NO2/c1-2-15(21-12-5-3-4-11(19)9-12)16(20)13-8-10(17)6-7-14(13)18/h3-9,15H,2,19H2,1H3. The Morgan fingerprint density at radius 3 is 2.67 bits per heavy atom. The highest BCUT2D eigenvalue weighted by Gasteiger charge is 2.22. The maximum absolute atomic E-state index is 12.6. The summed E-state index contributed by atoms with van der Waals surface area (Å²) in [4.78, 5) is 12.6. The van der Waals surface area contributed by atoms with E-state index in [2.05, 4.69) is 31.9 Å². The Hall–Kier alpha value is -1.33. The summed E-state index contributed by atoms with van der Waals surface area (Å²) in [7, 11) is 0. The number of hydrogen-bond donors (Lipinski definition) is 1. The van der Waals surface area contributed by atoms with Crippen LogP contribution in [0.1, 0.15) is 23.7 Å². The molecule has 0 bridgehead atoms. The van der Waals surface area contributed by atoms with Gasteiger partial charge in [-0.25, -0.2) is 0 Å². The third-order valence-electron chi connectivity index (χ3n) is 2.99. The van der Waals surface area contributed by atoms with E-state index >= 15 is 0 Å². The van der Waals surface area contributed by atoms with Crippen LogP contribution in [-0.4, -0.2) is 11.9 Å². The SMILES string of the molecule is CCC(Oc1cccc(N)c1)C(=O)c1cc(Br)ccc1Br. The third kappa shape index (κ3) is 4.08. The van der Waals surface area contributed by atoms with E-state index in [1.165, 1.54) is 0 Å². The van der Waals surface area contributed by atoms with Gasteiger partial charge in [0, 0.05) is 26.3 Å². The lowest BCUT2D eigenvalue weighted by atomic mass is 10.0. The van der Waals surface area contributed by atoms with Gasteiger partial charge >= 0.3 is 0 Å². The van der Waals surface area contributed by atoms with Crippen LogP contribution >= 0.6 is 31.9 Å². The minimum absolute atomic E-state index is 0.0619. The topological polar surface area (TPSA) is 52.3 Å². The molecule has 1 unspecified atom stereocenters. The molecule has 3 nitrogen and oxygen atoms in total. The second kappa shape index (κ2) is 7.09. The molecular formula is C16H15Br2NO2. The number of halogens is 2. The van der Waals surface area contributed by atoms with Gasteiger partial charge < -0.3 is 10.5 Å². The molecule has 0 spiro atoms. The van der Waals surface area contributed by atoms with Crippen molar-refractivity contribution in [3.8, 4) is 5.75 Å². The Bertz CT molecular complexity index is 658. The molecule has 0 saturated carbocycles. The van der Waals surface area contributed by atoms with Crippen LogP contribution in [0.3, 0.4) is 0 Å². The van der Waals surface area contributed by atoms with Crippen molar-refractivity contribution in [3.05, 3.63) is 57.0 Å². The molecule has 1 atom stereocenters. The molecule has 2 N–H and O–H groups in total. The lowest BCUT2D eigenvalue weighted by molar-refractivity contribution is 0.0786. The first-order valence-electron chi connectivity index (χ1n) is 6.52. The Balaban J connectivity index is 2.24. The number of carbonyl (C=O) groups is 1. The van der Waals surface area contributed by atoms with Crippen LogP contribution in [0.4, 0.5) is 5.69 Å². The number of nitrogens with two attached hydrogens (primary N) is 1. The second-order valence-electron chi connectivity index (χ2n) is 4.58. The van der Waals surface area contributed by atoms with Gasteiger partial charge in [0.2, 0.25) is 5.78 Å². The van der Waals surface area contributed by atoms with Gasteiger partial charge in [0.15, 0.2) is 6.10 Å². The summed E-state index contributed by atoms with van der Waals surface area (Å²) in [5.74, 6) is 0.536. The zero-order valence-corrected chi connectivity index (χ0v) is 14.6. The lowest BCUT2D eigenvalue weighted by Gasteiger charge is -2.17. The quantitative estimate of drug-likeness (QED) is 0.564. The molecule has 110 valence electrons. The molecule has 0 aliphatic rings. The van der Waals surface area contributed by atoms with Crippen molar-refractivity contribution in [1.29, 1.82) is 0 Å². The predicted octanol–water partition coefficient (Wildman–Crippen LogP) is 4.83. The van der Waals surface area contributed by atoms with Crippen LogP contribution in [0.15, 0.2) is 51.4 Å². The van der Waals surface area contributed by atoms with Crippen LogP contribution < -0.4 is 10.5 Å². The Morgan fingerprint density at radius 2 is 2.00 bits per heavy atom. The van der Waals surface area contributed by atoms with Gasteiger partial charge in [-0.3, -0.25) is 4.79 Å². The first-order valence-corrected chi connectivity index (χ1v) is 8.11.